The van der Waals surface area contributed by atoms with Crippen LogP contribution in [-0.4, -0.2) is 55.0 Å². The number of carboxylic acid groups (broad SMARTS) is 1. The largest absolute Gasteiger partial charge is 0.477 e. The number of carbonyl (C=O) groups is 3. The number of anilines is 1. The maximum Gasteiger partial charge on any atom is 0.352 e. The first-order valence-corrected chi connectivity index (χ1v) is 10.9. The SMILES string of the molecule is C/C=C\C1=C(C(=O)O)N2C(=O)C(NC(=O)C(O)c3ccc4nc(N)sc4c3)[C@@H]2SC1. The highest BCUT2D eigenvalue weighted by atomic mass is 32.2. The Labute approximate surface area is 179 Å². The van der Waals surface area contributed by atoms with Gasteiger partial charge in [-0.25, -0.2) is 9.78 Å². The second-order valence-corrected chi connectivity index (χ2v) is 8.92. The molecule has 1 aromatic heterocycles. The summed E-state index contributed by atoms with van der Waals surface area (Å²) in [6.07, 6.45) is 1.89. The molecule has 0 radical (unpaired) electrons. The average Bonchev–Trinajstić information content (AvgIpc) is 3.09. The quantitative estimate of drug-likeness (QED) is 0.502. The Balaban J connectivity index is 1.50. The minimum absolute atomic E-state index is 0.0684. The van der Waals surface area contributed by atoms with Crippen LogP contribution in [0.25, 0.3) is 10.2 Å². The molecule has 0 saturated carbocycles. The van der Waals surface area contributed by atoms with Crippen LogP contribution in [0.1, 0.15) is 18.6 Å². The molecule has 2 aromatic rings. The van der Waals surface area contributed by atoms with Crippen molar-refractivity contribution in [3.05, 3.63) is 47.2 Å². The number of carboxylic acids is 1. The molecule has 0 bridgehead atoms. The molecule has 1 fully saturated rings. The number of carbonyl (C=O) groups excluding carboxylic acids is 2. The van der Waals surface area contributed by atoms with E-state index in [0.717, 1.165) is 4.70 Å². The van der Waals surface area contributed by atoms with Gasteiger partial charge in [-0.1, -0.05) is 29.6 Å². The number of aliphatic hydroxyl groups excluding tert-OH is 1. The Morgan fingerprint density at radius 1 is 1.43 bits per heavy atom. The summed E-state index contributed by atoms with van der Waals surface area (Å²) in [5.41, 5.74) is 7.17. The molecule has 2 aliphatic rings. The summed E-state index contributed by atoms with van der Waals surface area (Å²) >= 11 is 2.60. The van der Waals surface area contributed by atoms with E-state index in [1.165, 1.54) is 28.0 Å². The number of β-lactam (4-membered cyclic amide) rings is 1. The number of hydrogen-bond donors (Lipinski definition) is 4. The molecule has 0 aliphatic carbocycles. The van der Waals surface area contributed by atoms with Crippen LogP contribution < -0.4 is 11.1 Å². The number of thiazole rings is 1. The molecule has 30 heavy (non-hydrogen) atoms. The summed E-state index contributed by atoms with van der Waals surface area (Å²) in [6.45, 7) is 1.77. The van der Waals surface area contributed by atoms with E-state index in [2.05, 4.69) is 10.3 Å². The fourth-order valence-electron chi connectivity index (χ4n) is 3.48. The fraction of sp³-hybridized carbons (Fsp3) is 0.263. The van der Waals surface area contributed by atoms with E-state index in [4.69, 9.17) is 5.73 Å². The minimum Gasteiger partial charge on any atom is -0.477 e. The zero-order valence-electron chi connectivity index (χ0n) is 15.7. The summed E-state index contributed by atoms with van der Waals surface area (Å²) < 4.78 is 0.735. The summed E-state index contributed by atoms with van der Waals surface area (Å²) in [7, 11) is 0. The van der Waals surface area contributed by atoms with Crippen LogP contribution in [0, 0.1) is 0 Å². The molecule has 0 spiro atoms. The molecule has 156 valence electrons. The van der Waals surface area contributed by atoms with Gasteiger partial charge in [0.1, 0.15) is 17.1 Å². The molecule has 1 saturated heterocycles. The average molecular weight is 447 g/mol. The third-order valence-electron chi connectivity index (χ3n) is 4.86. The van der Waals surface area contributed by atoms with Crippen molar-refractivity contribution >= 4 is 56.2 Å². The van der Waals surface area contributed by atoms with Crippen LogP contribution in [0.2, 0.25) is 0 Å². The van der Waals surface area contributed by atoms with Crippen molar-refractivity contribution in [1.29, 1.82) is 0 Å². The number of aromatic nitrogens is 1. The second-order valence-electron chi connectivity index (χ2n) is 6.76. The first-order chi connectivity index (χ1) is 14.3. The fourth-order valence-corrected chi connectivity index (χ4v) is 5.59. The first kappa shape index (κ1) is 20.4. The number of aliphatic carboxylic acids is 1. The number of allylic oxidation sites excluding steroid dienone is 2. The van der Waals surface area contributed by atoms with E-state index < -0.39 is 35.3 Å². The van der Waals surface area contributed by atoms with Crippen molar-refractivity contribution < 1.29 is 24.6 Å². The maximum absolute atomic E-state index is 12.6. The van der Waals surface area contributed by atoms with Crippen LogP contribution in [0.3, 0.4) is 0 Å². The van der Waals surface area contributed by atoms with E-state index in [1.807, 2.05) is 0 Å². The van der Waals surface area contributed by atoms with Crippen molar-refractivity contribution in [3.8, 4) is 0 Å². The highest BCUT2D eigenvalue weighted by Gasteiger charge is 2.54. The molecule has 1 aromatic carbocycles. The summed E-state index contributed by atoms with van der Waals surface area (Å²) in [5, 5.41) is 22.4. The van der Waals surface area contributed by atoms with Gasteiger partial charge in [-0.3, -0.25) is 14.5 Å². The molecule has 2 aliphatic heterocycles. The van der Waals surface area contributed by atoms with E-state index >= 15 is 0 Å². The normalized spacial score (nSPS) is 22.2. The number of aliphatic hydroxyl groups is 1. The number of rotatable bonds is 5. The van der Waals surface area contributed by atoms with Crippen molar-refractivity contribution in [1.82, 2.24) is 15.2 Å². The zero-order chi connectivity index (χ0) is 21.6. The summed E-state index contributed by atoms with van der Waals surface area (Å²) in [6, 6.07) is 3.96. The molecule has 9 nitrogen and oxygen atoms in total. The lowest BCUT2D eigenvalue weighted by Gasteiger charge is -2.49. The van der Waals surface area contributed by atoms with Crippen molar-refractivity contribution in [2.75, 3.05) is 11.5 Å². The molecule has 11 heteroatoms. The standard InChI is InChI=1S/C19H18N4O5S2/c1-2-3-9-7-29-17-12(16(26)23(17)13(9)18(27)28)22-15(25)14(24)8-4-5-10-11(6-8)30-19(20)21-10/h2-6,12,14,17,24H,7H2,1H3,(H2,20,21)(H,22,25)(H,27,28)/b3-2-/t12?,14?,17-/m0/s1. The molecule has 2 unspecified atom stereocenters. The smallest absolute Gasteiger partial charge is 0.352 e. The Kier molecular flexibility index (Phi) is 5.26. The predicted octanol–water partition coefficient (Wildman–Crippen LogP) is 1.23. The van der Waals surface area contributed by atoms with Gasteiger partial charge in [-0.15, -0.1) is 11.8 Å². The number of thioether (sulfide) groups is 1. The molecule has 2 amide bonds. The van der Waals surface area contributed by atoms with Crippen LogP contribution in [0.4, 0.5) is 5.13 Å². The number of nitrogen functional groups attached to an aromatic ring is 1. The monoisotopic (exact) mass is 446 g/mol. The van der Waals surface area contributed by atoms with Gasteiger partial charge in [0.05, 0.1) is 10.2 Å². The topological polar surface area (TPSA) is 146 Å². The summed E-state index contributed by atoms with van der Waals surface area (Å²) in [4.78, 5) is 42.2. The Bertz CT molecular complexity index is 1130. The summed E-state index contributed by atoms with van der Waals surface area (Å²) in [5.74, 6) is -2.04. The van der Waals surface area contributed by atoms with Gasteiger partial charge in [0.15, 0.2) is 11.2 Å². The van der Waals surface area contributed by atoms with Crippen molar-refractivity contribution in [2.24, 2.45) is 0 Å². The van der Waals surface area contributed by atoms with Crippen LogP contribution in [0.15, 0.2) is 41.6 Å². The number of benzene rings is 1. The second kappa shape index (κ2) is 7.74. The van der Waals surface area contributed by atoms with Gasteiger partial charge in [0.25, 0.3) is 11.8 Å². The van der Waals surface area contributed by atoms with Gasteiger partial charge in [-0.2, -0.15) is 0 Å². The number of nitrogens with one attached hydrogen (secondary N) is 1. The number of nitrogens with two attached hydrogens (primary N) is 1. The lowest BCUT2D eigenvalue weighted by molar-refractivity contribution is -0.151. The third kappa shape index (κ3) is 3.34. The predicted molar refractivity (Wildman–Crippen MR) is 113 cm³/mol. The number of amides is 2. The maximum atomic E-state index is 12.6. The highest BCUT2D eigenvalue weighted by Crippen LogP contribution is 2.40. The molecule has 3 heterocycles. The van der Waals surface area contributed by atoms with Gasteiger partial charge in [0.2, 0.25) is 0 Å². The molecular weight excluding hydrogens is 428 g/mol. The van der Waals surface area contributed by atoms with Crippen molar-refractivity contribution in [3.63, 3.8) is 0 Å². The van der Waals surface area contributed by atoms with Crippen molar-refractivity contribution in [2.45, 2.75) is 24.4 Å². The van der Waals surface area contributed by atoms with Gasteiger partial charge >= 0.3 is 5.97 Å². The van der Waals surface area contributed by atoms with Crippen LogP contribution >= 0.6 is 23.1 Å². The first-order valence-electron chi connectivity index (χ1n) is 9.00. The van der Waals surface area contributed by atoms with E-state index in [9.17, 15) is 24.6 Å². The highest BCUT2D eigenvalue weighted by molar-refractivity contribution is 8.00. The Morgan fingerprint density at radius 2 is 2.20 bits per heavy atom. The van der Waals surface area contributed by atoms with Gasteiger partial charge in [0, 0.05) is 5.75 Å². The lowest BCUT2D eigenvalue weighted by atomic mass is 10.0. The van der Waals surface area contributed by atoms with Gasteiger partial charge < -0.3 is 21.3 Å². The zero-order valence-corrected chi connectivity index (χ0v) is 17.4. The Morgan fingerprint density at radius 3 is 2.90 bits per heavy atom. The molecule has 5 N–H and O–H groups in total. The number of hydrogen-bond acceptors (Lipinski definition) is 8. The van der Waals surface area contributed by atoms with Crippen LogP contribution in [-0.2, 0) is 14.4 Å². The van der Waals surface area contributed by atoms with E-state index in [-0.39, 0.29) is 5.70 Å². The number of fused-ring (bicyclic) bond motifs is 2. The molecule has 3 atom stereocenters. The lowest BCUT2D eigenvalue weighted by Crippen LogP contribution is -2.70. The van der Waals surface area contributed by atoms with Gasteiger partial charge in [-0.05, 0) is 30.2 Å². The molecular formula is C19H18N4O5S2. The minimum atomic E-state index is -1.48. The van der Waals surface area contributed by atoms with E-state index in [0.29, 0.717) is 27.5 Å². The Hall–Kier alpha value is -2.89. The number of nitrogens with zero attached hydrogens (tertiary/aromatic N) is 2. The molecule has 4 rings (SSSR count). The van der Waals surface area contributed by atoms with Crippen LogP contribution in [0.5, 0.6) is 0 Å². The van der Waals surface area contributed by atoms with E-state index in [1.54, 1.807) is 37.3 Å². The third-order valence-corrected chi connectivity index (χ3v) is 7.01.